The Labute approximate surface area is 123 Å². The lowest BCUT2D eigenvalue weighted by Gasteiger charge is -2.40. The van der Waals surface area contributed by atoms with Crippen LogP contribution in [0, 0.1) is 5.92 Å². The first-order valence-electron chi connectivity index (χ1n) is 7.11. The summed E-state index contributed by atoms with van der Waals surface area (Å²) in [5.41, 5.74) is 0. The van der Waals surface area contributed by atoms with Crippen LogP contribution in [-0.2, 0) is 4.74 Å². The van der Waals surface area contributed by atoms with Gasteiger partial charge in [0.2, 0.25) is 0 Å². The number of halogens is 1. The number of ether oxygens (including phenoxy) is 1. The molecule has 3 rings (SSSR count). The van der Waals surface area contributed by atoms with Gasteiger partial charge in [-0.25, -0.2) is 0 Å². The normalized spacial score (nSPS) is 24.5. The number of nitrogens with zero attached hydrogens (tertiary/aromatic N) is 1. The van der Waals surface area contributed by atoms with Gasteiger partial charge in [-0.1, -0.05) is 11.6 Å². The number of piperazine rings is 1. The predicted octanol–water partition coefficient (Wildman–Crippen LogP) is 2.77. The van der Waals surface area contributed by atoms with Crippen molar-refractivity contribution in [2.24, 2.45) is 5.92 Å². The Bertz CT molecular complexity index is 382. The molecule has 5 heteroatoms. The first-order valence-corrected chi connectivity index (χ1v) is 8.37. The summed E-state index contributed by atoms with van der Waals surface area (Å²) in [7, 11) is 0. The summed E-state index contributed by atoms with van der Waals surface area (Å²) in [5.74, 6) is 0.683. The van der Waals surface area contributed by atoms with Crippen LogP contribution in [0.1, 0.15) is 23.8 Å². The fraction of sp³-hybridized carbons (Fsp3) is 0.714. The molecule has 0 spiro atoms. The van der Waals surface area contributed by atoms with Crippen LogP contribution in [0.25, 0.3) is 0 Å². The summed E-state index contributed by atoms with van der Waals surface area (Å²) < 4.78 is 5.52. The van der Waals surface area contributed by atoms with Crippen molar-refractivity contribution in [3.63, 3.8) is 0 Å². The number of hydrogen-bond donors (Lipinski definition) is 1. The average molecular weight is 301 g/mol. The van der Waals surface area contributed by atoms with Gasteiger partial charge in [-0.2, -0.15) is 0 Å². The van der Waals surface area contributed by atoms with Gasteiger partial charge in [0.15, 0.2) is 0 Å². The summed E-state index contributed by atoms with van der Waals surface area (Å²) in [5, 5.41) is 6.50. The molecule has 3 heterocycles. The van der Waals surface area contributed by atoms with Crippen LogP contribution in [0.2, 0.25) is 5.02 Å². The minimum atomic E-state index is 0.485. The highest BCUT2D eigenvalue weighted by atomic mass is 35.5. The Morgan fingerprint density at radius 2 is 2.05 bits per heavy atom. The van der Waals surface area contributed by atoms with Gasteiger partial charge in [-0.15, -0.1) is 11.3 Å². The van der Waals surface area contributed by atoms with Crippen LogP contribution < -0.4 is 5.32 Å². The molecule has 0 unspecified atom stereocenters. The third-order valence-corrected chi connectivity index (χ3v) is 5.60. The number of thiophene rings is 1. The molecule has 106 valence electrons. The zero-order valence-electron chi connectivity index (χ0n) is 11.1. The van der Waals surface area contributed by atoms with Crippen LogP contribution >= 0.6 is 22.9 Å². The quantitative estimate of drug-likeness (QED) is 0.929. The van der Waals surface area contributed by atoms with Gasteiger partial charge in [0, 0.05) is 50.3 Å². The molecular weight excluding hydrogens is 280 g/mol. The van der Waals surface area contributed by atoms with E-state index in [-0.39, 0.29) is 0 Å². The lowest BCUT2D eigenvalue weighted by Crippen LogP contribution is -2.47. The summed E-state index contributed by atoms with van der Waals surface area (Å²) in [6, 6.07) is 2.52. The smallest absolute Gasteiger partial charge is 0.0561 e. The first-order chi connectivity index (χ1) is 9.36. The predicted molar refractivity (Wildman–Crippen MR) is 80.1 cm³/mol. The number of nitrogens with one attached hydrogen (secondary N) is 1. The fourth-order valence-electron chi connectivity index (χ4n) is 3.19. The van der Waals surface area contributed by atoms with E-state index in [4.69, 9.17) is 16.3 Å². The molecule has 2 fully saturated rings. The molecule has 0 amide bonds. The van der Waals surface area contributed by atoms with Crippen molar-refractivity contribution in [3.05, 3.63) is 21.3 Å². The molecule has 1 atom stereocenters. The van der Waals surface area contributed by atoms with Crippen molar-refractivity contribution in [3.8, 4) is 0 Å². The topological polar surface area (TPSA) is 24.5 Å². The summed E-state index contributed by atoms with van der Waals surface area (Å²) >= 11 is 8.22. The van der Waals surface area contributed by atoms with E-state index in [2.05, 4.69) is 15.6 Å². The molecule has 2 saturated heterocycles. The molecule has 2 aliphatic rings. The van der Waals surface area contributed by atoms with Gasteiger partial charge in [-0.05, 0) is 30.2 Å². The van der Waals surface area contributed by atoms with Crippen molar-refractivity contribution < 1.29 is 4.74 Å². The Morgan fingerprint density at radius 1 is 1.32 bits per heavy atom. The van der Waals surface area contributed by atoms with E-state index >= 15 is 0 Å². The van der Waals surface area contributed by atoms with E-state index in [1.54, 1.807) is 0 Å². The highest BCUT2D eigenvalue weighted by molar-refractivity contribution is 7.10. The largest absolute Gasteiger partial charge is 0.381 e. The highest BCUT2D eigenvalue weighted by Crippen LogP contribution is 2.41. The Hall–Kier alpha value is -0.130. The van der Waals surface area contributed by atoms with E-state index in [9.17, 15) is 0 Å². The second-order valence-electron chi connectivity index (χ2n) is 5.31. The van der Waals surface area contributed by atoms with Gasteiger partial charge in [-0.3, -0.25) is 4.90 Å². The summed E-state index contributed by atoms with van der Waals surface area (Å²) in [6.45, 7) is 6.21. The van der Waals surface area contributed by atoms with E-state index in [1.165, 1.54) is 4.88 Å². The molecule has 2 aliphatic heterocycles. The average Bonchev–Trinajstić information content (AvgIpc) is 2.88. The van der Waals surface area contributed by atoms with Crippen molar-refractivity contribution in [2.75, 3.05) is 39.4 Å². The summed E-state index contributed by atoms with van der Waals surface area (Å²) in [6.07, 6.45) is 2.31. The number of rotatable bonds is 3. The lowest BCUT2D eigenvalue weighted by atomic mass is 9.89. The monoisotopic (exact) mass is 300 g/mol. The molecule has 0 saturated carbocycles. The van der Waals surface area contributed by atoms with Gasteiger partial charge in [0.25, 0.3) is 0 Å². The maximum atomic E-state index is 6.41. The van der Waals surface area contributed by atoms with Crippen molar-refractivity contribution in [1.29, 1.82) is 0 Å². The third kappa shape index (κ3) is 3.14. The standard InChI is InChI=1S/C14H21ClN2OS/c15-12-3-10-19-14(12)13(11-1-8-18-9-2-11)17-6-4-16-5-7-17/h3,10-11,13,16H,1-2,4-9H2/t13-/m1/s1. The van der Waals surface area contributed by atoms with E-state index in [1.807, 2.05) is 17.4 Å². The van der Waals surface area contributed by atoms with Gasteiger partial charge in [0.1, 0.15) is 0 Å². The molecule has 1 aromatic rings. The molecular formula is C14H21ClN2OS. The van der Waals surface area contributed by atoms with Crippen LogP contribution in [0.3, 0.4) is 0 Å². The second kappa shape index (κ2) is 6.55. The van der Waals surface area contributed by atoms with E-state index in [0.717, 1.165) is 57.3 Å². The molecule has 0 aromatic carbocycles. The van der Waals surface area contributed by atoms with Gasteiger partial charge < -0.3 is 10.1 Å². The molecule has 0 bridgehead atoms. The fourth-order valence-corrected chi connectivity index (χ4v) is 4.58. The minimum Gasteiger partial charge on any atom is -0.381 e. The maximum absolute atomic E-state index is 6.41. The molecule has 3 nitrogen and oxygen atoms in total. The van der Waals surface area contributed by atoms with Crippen LogP contribution in [-0.4, -0.2) is 44.3 Å². The van der Waals surface area contributed by atoms with Crippen LogP contribution in [0.15, 0.2) is 11.4 Å². The van der Waals surface area contributed by atoms with E-state index in [0.29, 0.717) is 12.0 Å². The minimum absolute atomic E-state index is 0.485. The van der Waals surface area contributed by atoms with Crippen LogP contribution in [0.5, 0.6) is 0 Å². The van der Waals surface area contributed by atoms with Gasteiger partial charge in [0.05, 0.1) is 5.02 Å². The SMILES string of the molecule is Clc1ccsc1[C@@H](C1CCOCC1)N1CCNCC1. The molecule has 0 radical (unpaired) electrons. The lowest BCUT2D eigenvalue weighted by molar-refractivity contribution is 0.0223. The van der Waals surface area contributed by atoms with E-state index < -0.39 is 0 Å². The molecule has 1 N–H and O–H groups in total. The number of hydrogen-bond acceptors (Lipinski definition) is 4. The Morgan fingerprint density at radius 3 is 2.68 bits per heavy atom. The highest BCUT2D eigenvalue weighted by Gasteiger charge is 2.33. The molecule has 0 aliphatic carbocycles. The zero-order valence-corrected chi connectivity index (χ0v) is 12.7. The zero-order chi connectivity index (χ0) is 13.1. The first kappa shape index (κ1) is 13.8. The second-order valence-corrected chi connectivity index (χ2v) is 6.67. The van der Waals surface area contributed by atoms with Crippen LogP contribution in [0.4, 0.5) is 0 Å². The van der Waals surface area contributed by atoms with Crippen molar-refractivity contribution in [1.82, 2.24) is 10.2 Å². The summed E-state index contributed by atoms with van der Waals surface area (Å²) in [4.78, 5) is 3.97. The molecule has 19 heavy (non-hydrogen) atoms. The Kier molecular flexibility index (Phi) is 4.77. The van der Waals surface area contributed by atoms with Gasteiger partial charge >= 0.3 is 0 Å². The molecule has 1 aromatic heterocycles. The third-order valence-electron chi connectivity index (χ3n) is 4.17. The maximum Gasteiger partial charge on any atom is 0.0561 e. The van der Waals surface area contributed by atoms with Crippen molar-refractivity contribution >= 4 is 22.9 Å². The van der Waals surface area contributed by atoms with Crippen molar-refractivity contribution in [2.45, 2.75) is 18.9 Å². The Balaban J connectivity index is 1.83.